The van der Waals surface area contributed by atoms with E-state index in [9.17, 15) is 0 Å². The Kier molecular flexibility index (Phi) is 7.50. The van der Waals surface area contributed by atoms with Crippen LogP contribution in [0.3, 0.4) is 0 Å². The van der Waals surface area contributed by atoms with E-state index in [0.29, 0.717) is 5.92 Å². The highest BCUT2D eigenvalue weighted by Crippen LogP contribution is 2.54. The molecule has 2 aromatic rings. The average molecular weight is 547 g/mol. The number of rotatable bonds is 6. The summed E-state index contributed by atoms with van der Waals surface area (Å²) in [6.45, 7) is 17.4. The second-order valence-electron chi connectivity index (χ2n) is 12.5. The van der Waals surface area contributed by atoms with Crippen LogP contribution in [0, 0.1) is 17.3 Å². The van der Waals surface area contributed by atoms with Crippen molar-refractivity contribution in [3.63, 3.8) is 0 Å². The second kappa shape index (κ2) is 11.3. The van der Waals surface area contributed by atoms with Crippen LogP contribution in [0.4, 0.5) is 0 Å². The van der Waals surface area contributed by atoms with Crippen molar-refractivity contribution >= 4 is 23.8 Å². The Hall–Kier alpha value is -4.16. The summed E-state index contributed by atoms with van der Waals surface area (Å²) < 4.78 is 0. The average Bonchev–Trinajstić information content (AvgIpc) is 3.21. The van der Waals surface area contributed by atoms with Gasteiger partial charge in [0.2, 0.25) is 0 Å². The molecule has 0 saturated carbocycles. The molecule has 0 amide bonds. The van der Waals surface area contributed by atoms with E-state index in [1.54, 1.807) is 5.57 Å². The topological polar surface area (TPSA) is 0 Å². The lowest BCUT2D eigenvalue weighted by Crippen LogP contribution is -2.35. The zero-order valence-electron chi connectivity index (χ0n) is 25.6. The molecule has 4 aliphatic rings. The summed E-state index contributed by atoms with van der Waals surface area (Å²) in [4.78, 5) is 0. The molecule has 2 atom stereocenters. The van der Waals surface area contributed by atoms with Crippen molar-refractivity contribution < 1.29 is 0 Å². The fourth-order valence-corrected chi connectivity index (χ4v) is 7.50. The van der Waals surface area contributed by atoms with Crippen LogP contribution in [0.15, 0.2) is 132 Å². The lowest BCUT2D eigenvalue weighted by molar-refractivity contribution is 0.534. The van der Waals surface area contributed by atoms with Gasteiger partial charge in [-0.05, 0) is 98.9 Å². The van der Waals surface area contributed by atoms with Gasteiger partial charge in [0.25, 0.3) is 0 Å². The van der Waals surface area contributed by atoms with Gasteiger partial charge in [-0.25, -0.2) is 0 Å². The van der Waals surface area contributed by atoms with Crippen LogP contribution in [0.5, 0.6) is 0 Å². The summed E-state index contributed by atoms with van der Waals surface area (Å²) in [6.07, 6.45) is 30.3. The largest absolute Gasteiger partial charge is 0.0990 e. The minimum atomic E-state index is 0.0134. The van der Waals surface area contributed by atoms with Gasteiger partial charge in [-0.2, -0.15) is 0 Å². The maximum Gasteiger partial charge on any atom is 0.0118 e. The van der Waals surface area contributed by atoms with Crippen LogP contribution in [0.25, 0.3) is 34.9 Å². The van der Waals surface area contributed by atoms with Crippen molar-refractivity contribution in [3.8, 4) is 11.1 Å². The molecule has 0 N–H and O–H groups in total. The zero-order chi connectivity index (χ0) is 29.4. The third-order valence-corrected chi connectivity index (χ3v) is 9.56. The van der Waals surface area contributed by atoms with Gasteiger partial charge in [-0.3, -0.25) is 0 Å². The Balaban J connectivity index is 1.50. The quantitative estimate of drug-likeness (QED) is 0.338. The van der Waals surface area contributed by atoms with Gasteiger partial charge >= 0.3 is 0 Å². The van der Waals surface area contributed by atoms with Gasteiger partial charge in [0, 0.05) is 17.3 Å². The molecule has 0 aliphatic heterocycles. The number of hydrogen-bond donors (Lipinski definition) is 0. The second-order valence-corrected chi connectivity index (χ2v) is 12.5. The fourth-order valence-electron chi connectivity index (χ4n) is 7.50. The molecular weight excluding hydrogens is 504 g/mol. The van der Waals surface area contributed by atoms with Crippen molar-refractivity contribution in [2.24, 2.45) is 17.3 Å². The molecule has 6 rings (SSSR count). The molecule has 0 aromatic heterocycles. The summed E-state index contributed by atoms with van der Waals surface area (Å²) in [6, 6.07) is 13.8. The summed E-state index contributed by atoms with van der Waals surface area (Å²) in [5.74, 6) is 0.673. The molecule has 4 aliphatic carbocycles. The van der Waals surface area contributed by atoms with Gasteiger partial charge < -0.3 is 0 Å². The Morgan fingerprint density at radius 3 is 2.60 bits per heavy atom. The minimum absolute atomic E-state index is 0.0134. The highest BCUT2D eigenvalue weighted by Gasteiger charge is 2.40. The van der Waals surface area contributed by atoms with E-state index < -0.39 is 0 Å². The number of fused-ring (bicyclic) bond motifs is 2. The van der Waals surface area contributed by atoms with E-state index in [-0.39, 0.29) is 11.3 Å². The van der Waals surface area contributed by atoms with Gasteiger partial charge in [0.1, 0.15) is 0 Å². The fraction of sp³-hybridized carbons (Fsp3) is 0.238. The summed E-state index contributed by atoms with van der Waals surface area (Å²) >= 11 is 0. The molecular formula is C42H42. The maximum absolute atomic E-state index is 4.07. The third kappa shape index (κ3) is 4.74. The standard InChI is InChI=1S/C42H42/c1-7-14-30-20-21-31(25-29(30)9-3)32-22-23-36-34(26-32)27-33-16-10-11-17-35(33)41(36)28(4)24-40-37(15-8-2)38-18-12-13-19-39(38)42(40,5)6/h7-12,14-15,17-18,20-28,33H,2-3,13,16,19H2,1,4-6H3/b14-7-,37-15-,40-24+. The monoisotopic (exact) mass is 546 g/mol. The number of allylic oxidation sites excluding steroid dienone is 14. The Morgan fingerprint density at radius 1 is 1.00 bits per heavy atom. The molecule has 0 saturated heterocycles. The summed E-state index contributed by atoms with van der Waals surface area (Å²) in [7, 11) is 0. The Morgan fingerprint density at radius 2 is 1.81 bits per heavy atom. The normalized spacial score (nSPS) is 23.0. The van der Waals surface area contributed by atoms with Gasteiger partial charge in [-0.1, -0.05) is 137 Å². The predicted octanol–water partition coefficient (Wildman–Crippen LogP) is 9.84. The maximum atomic E-state index is 4.07. The van der Waals surface area contributed by atoms with E-state index in [0.717, 1.165) is 24.8 Å². The summed E-state index contributed by atoms with van der Waals surface area (Å²) in [5.41, 5.74) is 13.6. The van der Waals surface area contributed by atoms with E-state index >= 15 is 0 Å². The predicted molar refractivity (Wildman–Crippen MR) is 184 cm³/mol. The van der Waals surface area contributed by atoms with Crippen molar-refractivity contribution in [2.45, 2.75) is 47.0 Å². The molecule has 2 aromatic carbocycles. The zero-order valence-corrected chi connectivity index (χ0v) is 25.6. The minimum Gasteiger partial charge on any atom is -0.0990 e. The van der Waals surface area contributed by atoms with E-state index in [1.807, 2.05) is 12.2 Å². The van der Waals surface area contributed by atoms with Crippen LogP contribution >= 0.6 is 0 Å². The lowest BCUT2D eigenvalue weighted by atomic mass is 9.74. The van der Waals surface area contributed by atoms with Crippen LogP contribution in [-0.2, 0) is 0 Å². The Labute approximate surface area is 252 Å². The molecule has 0 heteroatoms. The lowest BCUT2D eigenvalue weighted by Gasteiger charge is -2.30. The van der Waals surface area contributed by atoms with Gasteiger partial charge in [-0.15, -0.1) is 0 Å². The SMILES string of the molecule is C=C/C=C1/C2=C(CCC=C2)C(C)(C)/C1=C/C(C)C1=c2ccc(-c3ccc(/C=C\C)c(C=C)c3)cc2=CC2CC=CC=C12. The first-order valence-electron chi connectivity index (χ1n) is 15.5. The first kappa shape index (κ1) is 28.0. The third-order valence-electron chi connectivity index (χ3n) is 9.56. The molecule has 0 spiro atoms. The smallest absolute Gasteiger partial charge is 0.0118 e. The highest BCUT2D eigenvalue weighted by atomic mass is 14.4. The van der Waals surface area contributed by atoms with Crippen molar-refractivity contribution in [1.82, 2.24) is 0 Å². The van der Waals surface area contributed by atoms with E-state index in [2.05, 4.69) is 138 Å². The van der Waals surface area contributed by atoms with Gasteiger partial charge in [0.05, 0.1) is 0 Å². The molecule has 0 heterocycles. The molecule has 0 radical (unpaired) electrons. The molecule has 0 nitrogen and oxygen atoms in total. The molecule has 2 unspecified atom stereocenters. The highest BCUT2D eigenvalue weighted by molar-refractivity contribution is 5.78. The van der Waals surface area contributed by atoms with Crippen LogP contribution in [0.1, 0.15) is 58.1 Å². The van der Waals surface area contributed by atoms with Crippen LogP contribution in [-0.4, -0.2) is 0 Å². The number of hydrogen-bond acceptors (Lipinski definition) is 0. The molecule has 0 bridgehead atoms. The first-order chi connectivity index (χ1) is 20.4. The van der Waals surface area contributed by atoms with Gasteiger partial charge in [0.15, 0.2) is 0 Å². The van der Waals surface area contributed by atoms with Crippen molar-refractivity contribution in [2.75, 3.05) is 0 Å². The van der Waals surface area contributed by atoms with E-state index in [1.165, 1.54) is 55.0 Å². The van der Waals surface area contributed by atoms with Crippen LogP contribution < -0.4 is 10.4 Å². The molecule has 0 fully saturated rings. The number of benzene rings is 2. The van der Waals surface area contributed by atoms with Crippen molar-refractivity contribution in [3.05, 3.63) is 154 Å². The van der Waals surface area contributed by atoms with Crippen LogP contribution in [0.2, 0.25) is 0 Å². The summed E-state index contributed by atoms with van der Waals surface area (Å²) in [5, 5.41) is 2.70. The van der Waals surface area contributed by atoms with E-state index in [4.69, 9.17) is 0 Å². The first-order valence-corrected chi connectivity index (χ1v) is 15.5. The Bertz CT molecular complexity index is 1820. The van der Waals surface area contributed by atoms with Crippen molar-refractivity contribution in [1.29, 1.82) is 0 Å². The molecule has 42 heavy (non-hydrogen) atoms. The molecule has 210 valence electrons.